The predicted molar refractivity (Wildman–Crippen MR) is 76.9 cm³/mol. The first-order valence-electron chi connectivity index (χ1n) is 7.67. The van der Waals surface area contributed by atoms with E-state index >= 15 is 0 Å². The van der Waals surface area contributed by atoms with E-state index < -0.39 is 0 Å². The lowest BCUT2D eigenvalue weighted by molar-refractivity contribution is -0.123. The summed E-state index contributed by atoms with van der Waals surface area (Å²) in [6.45, 7) is 0.884. The third-order valence-electron chi connectivity index (χ3n) is 4.57. The average molecular weight is 257 g/mol. The van der Waals surface area contributed by atoms with Gasteiger partial charge in [0.25, 0.3) is 0 Å². The zero-order valence-corrected chi connectivity index (χ0v) is 11.5. The first-order valence-corrected chi connectivity index (χ1v) is 7.67. The fraction of sp³-hybridized carbons (Fsp3) is 0.588. The summed E-state index contributed by atoms with van der Waals surface area (Å²) >= 11 is 0. The van der Waals surface area contributed by atoms with E-state index in [-0.39, 0.29) is 11.8 Å². The molecule has 2 aliphatic rings. The highest BCUT2D eigenvalue weighted by molar-refractivity contribution is 5.84. The van der Waals surface area contributed by atoms with Gasteiger partial charge < -0.3 is 5.32 Å². The van der Waals surface area contributed by atoms with Crippen LogP contribution in [0.3, 0.4) is 0 Å². The molecule has 0 saturated heterocycles. The second kappa shape index (κ2) is 5.77. The van der Waals surface area contributed by atoms with E-state index in [1.165, 1.54) is 44.1 Å². The zero-order valence-electron chi connectivity index (χ0n) is 11.5. The summed E-state index contributed by atoms with van der Waals surface area (Å²) in [5.74, 6) is 1.63. The van der Waals surface area contributed by atoms with Gasteiger partial charge in [0.05, 0.1) is 5.92 Å². The molecule has 0 aromatic heterocycles. The molecular weight excluding hydrogens is 234 g/mol. The minimum absolute atomic E-state index is 0.0857. The molecule has 1 amide bonds. The Balaban J connectivity index is 1.61. The Hall–Kier alpha value is -1.31. The van der Waals surface area contributed by atoms with Crippen molar-refractivity contribution in [2.45, 2.75) is 44.4 Å². The molecule has 0 spiro atoms. The molecule has 2 nitrogen and oxygen atoms in total. The second-order valence-corrected chi connectivity index (χ2v) is 6.12. The van der Waals surface area contributed by atoms with E-state index in [4.69, 9.17) is 0 Å². The summed E-state index contributed by atoms with van der Waals surface area (Å²) in [4.78, 5) is 12.5. The SMILES string of the molecule is O=C(NCC1CCCC1)C(c1ccccc1)C1CC1. The Morgan fingerprint density at radius 3 is 2.42 bits per heavy atom. The molecule has 102 valence electrons. The molecule has 0 heterocycles. The van der Waals surface area contributed by atoms with Crippen LogP contribution in [0.4, 0.5) is 0 Å². The van der Waals surface area contributed by atoms with Crippen molar-refractivity contribution in [2.75, 3.05) is 6.54 Å². The van der Waals surface area contributed by atoms with Crippen molar-refractivity contribution in [2.24, 2.45) is 11.8 Å². The topological polar surface area (TPSA) is 29.1 Å². The van der Waals surface area contributed by atoms with Gasteiger partial charge in [-0.15, -0.1) is 0 Å². The van der Waals surface area contributed by atoms with Crippen LogP contribution in [0, 0.1) is 11.8 Å². The maximum absolute atomic E-state index is 12.5. The number of nitrogens with one attached hydrogen (secondary N) is 1. The molecule has 1 N–H and O–H groups in total. The molecular formula is C17H23NO. The lowest BCUT2D eigenvalue weighted by atomic mass is 9.93. The summed E-state index contributed by atoms with van der Waals surface area (Å²) in [5, 5.41) is 3.21. The van der Waals surface area contributed by atoms with Gasteiger partial charge >= 0.3 is 0 Å². The first kappa shape index (κ1) is 12.7. The molecule has 3 rings (SSSR count). The van der Waals surface area contributed by atoms with Gasteiger partial charge in [-0.25, -0.2) is 0 Å². The molecule has 1 unspecified atom stereocenters. The van der Waals surface area contributed by atoms with Crippen molar-refractivity contribution >= 4 is 5.91 Å². The lowest BCUT2D eigenvalue weighted by Crippen LogP contribution is -2.33. The average Bonchev–Trinajstić information content (AvgIpc) is 3.13. The van der Waals surface area contributed by atoms with Gasteiger partial charge in [-0.2, -0.15) is 0 Å². The van der Waals surface area contributed by atoms with Gasteiger partial charge in [0, 0.05) is 6.54 Å². The molecule has 0 aliphatic heterocycles. The van der Waals surface area contributed by atoms with Crippen LogP contribution < -0.4 is 5.32 Å². The Morgan fingerprint density at radius 2 is 1.79 bits per heavy atom. The Labute approximate surface area is 115 Å². The monoisotopic (exact) mass is 257 g/mol. The molecule has 2 fully saturated rings. The van der Waals surface area contributed by atoms with Gasteiger partial charge in [0.1, 0.15) is 0 Å². The lowest BCUT2D eigenvalue weighted by Gasteiger charge is -2.18. The third-order valence-corrected chi connectivity index (χ3v) is 4.57. The molecule has 19 heavy (non-hydrogen) atoms. The van der Waals surface area contributed by atoms with Crippen molar-refractivity contribution in [3.63, 3.8) is 0 Å². The maximum atomic E-state index is 12.5. The molecule has 1 aromatic carbocycles. The minimum atomic E-state index is 0.0857. The summed E-state index contributed by atoms with van der Waals surface area (Å²) in [6.07, 6.45) is 7.67. The van der Waals surface area contributed by atoms with Crippen LogP contribution in [0.15, 0.2) is 30.3 Å². The van der Waals surface area contributed by atoms with Gasteiger partial charge in [-0.05, 0) is 43.1 Å². The molecule has 1 atom stereocenters. The summed E-state index contributed by atoms with van der Waals surface area (Å²) < 4.78 is 0. The fourth-order valence-corrected chi connectivity index (χ4v) is 3.30. The van der Waals surface area contributed by atoms with Gasteiger partial charge in [0.2, 0.25) is 5.91 Å². The number of carbonyl (C=O) groups is 1. The van der Waals surface area contributed by atoms with Crippen molar-refractivity contribution in [1.82, 2.24) is 5.32 Å². The van der Waals surface area contributed by atoms with Crippen molar-refractivity contribution in [3.05, 3.63) is 35.9 Å². The molecule has 1 aromatic rings. The standard InChI is InChI=1S/C17H23NO/c19-17(18-12-13-6-4-5-7-13)16(15-10-11-15)14-8-2-1-3-9-14/h1-3,8-9,13,15-16H,4-7,10-12H2,(H,18,19). The number of rotatable bonds is 5. The third kappa shape index (κ3) is 3.17. The number of carbonyl (C=O) groups excluding carboxylic acids is 1. The number of hydrogen-bond acceptors (Lipinski definition) is 1. The van der Waals surface area contributed by atoms with Crippen molar-refractivity contribution in [3.8, 4) is 0 Å². The van der Waals surface area contributed by atoms with Crippen LogP contribution >= 0.6 is 0 Å². The van der Waals surface area contributed by atoms with E-state index in [9.17, 15) is 4.79 Å². The van der Waals surface area contributed by atoms with E-state index in [1.54, 1.807) is 0 Å². The predicted octanol–water partition coefficient (Wildman–Crippen LogP) is 3.49. The van der Waals surface area contributed by atoms with E-state index in [0.29, 0.717) is 5.92 Å². The minimum Gasteiger partial charge on any atom is -0.355 e. The number of hydrogen-bond donors (Lipinski definition) is 1. The number of benzene rings is 1. The molecule has 2 saturated carbocycles. The normalized spacial score (nSPS) is 21.3. The quantitative estimate of drug-likeness (QED) is 0.859. The van der Waals surface area contributed by atoms with E-state index in [1.807, 2.05) is 18.2 Å². The van der Waals surface area contributed by atoms with Crippen molar-refractivity contribution < 1.29 is 4.79 Å². The largest absolute Gasteiger partial charge is 0.355 e. The van der Waals surface area contributed by atoms with Gasteiger partial charge in [-0.1, -0.05) is 43.2 Å². The Bertz CT molecular complexity index is 418. The van der Waals surface area contributed by atoms with E-state index in [2.05, 4.69) is 17.4 Å². The van der Waals surface area contributed by atoms with Crippen LogP contribution in [-0.2, 0) is 4.79 Å². The highest BCUT2D eigenvalue weighted by Gasteiger charge is 2.37. The van der Waals surface area contributed by atoms with Crippen LogP contribution in [0.25, 0.3) is 0 Å². The highest BCUT2D eigenvalue weighted by Crippen LogP contribution is 2.42. The summed E-state index contributed by atoms with van der Waals surface area (Å²) in [5.41, 5.74) is 1.19. The van der Waals surface area contributed by atoms with Crippen LogP contribution in [-0.4, -0.2) is 12.5 Å². The second-order valence-electron chi connectivity index (χ2n) is 6.12. The van der Waals surface area contributed by atoms with E-state index in [0.717, 1.165) is 12.5 Å². The smallest absolute Gasteiger partial charge is 0.227 e. The molecule has 0 radical (unpaired) electrons. The van der Waals surface area contributed by atoms with Gasteiger partial charge in [-0.3, -0.25) is 4.79 Å². The van der Waals surface area contributed by atoms with Crippen LogP contribution in [0.5, 0.6) is 0 Å². The number of amides is 1. The molecule has 2 heteroatoms. The van der Waals surface area contributed by atoms with Gasteiger partial charge in [0.15, 0.2) is 0 Å². The van der Waals surface area contributed by atoms with Crippen LogP contribution in [0.1, 0.15) is 50.0 Å². The zero-order chi connectivity index (χ0) is 13.1. The Kier molecular flexibility index (Phi) is 3.86. The maximum Gasteiger partial charge on any atom is 0.227 e. The summed E-state index contributed by atoms with van der Waals surface area (Å²) in [7, 11) is 0. The molecule has 0 bridgehead atoms. The Morgan fingerprint density at radius 1 is 1.11 bits per heavy atom. The summed E-state index contributed by atoms with van der Waals surface area (Å²) in [6, 6.07) is 10.3. The highest BCUT2D eigenvalue weighted by atomic mass is 16.1. The molecule has 2 aliphatic carbocycles. The van der Waals surface area contributed by atoms with Crippen molar-refractivity contribution in [1.29, 1.82) is 0 Å². The van der Waals surface area contributed by atoms with Crippen LogP contribution in [0.2, 0.25) is 0 Å². The fourth-order valence-electron chi connectivity index (χ4n) is 3.30. The first-order chi connectivity index (χ1) is 9.34.